The third kappa shape index (κ3) is 3.42. The van der Waals surface area contributed by atoms with Gasteiger partial charge in [-0.05, 0) is 24.6 Å². The average Bonchev–Trinajstić information content (AvgIpc) is 2.99. The lowest BCUT2D eigenvalue weighted by atomic mass is 9.78. The zero-order valence-electron chi connectivity index (χ0n) is 13.0. The lowest BCUT2D eigenvalue weighted by molar-refractivity contribution is 0.305. The number of hydrogen-bond acceptors (Lipinski definition) is 6. The van der Waals surface area contributed by atoms with Crippen molar-refractivity contribution in [2.75, 3.05) is 0 Å². The standard InChI is InChI=1S/C17H16BNO5/c1-11-9-19-17(24-11)13-7-14(20)16(18(21)22)15(8-13)23-10-12-5-3-2-4-6-12/h2-9,20-22H,10H2,1H3. The molecule has 6 nitrogen and oxygen atoms in total. The van der Waals surface area contributed by atoms with Crippen LogP contribution in [0.5, 0.6) is 11.5 Å². The first-order chi connectivity index (χ1) is 11.5. The number of hydrogen-bond donors (Lipinski definition) is 3. The molecular formula is C17H16BNO5. The summed E-state index contributed by atoms with van der Waals surface area (Å²) in [5.41, 5.74) is 1.29. The summed E-state index contributed by atoms with van der Waals surface area (Å²) in [5, 5.41) is 29.2. The van der Waals surface area contributed by atoms with E-state index in [0.29, 0.717) is 17.2 Å². The maximum atomic E-state index is 10.1. The first kappa shape index (κ1) is 16.1. The highest BCUT2D eigenvalue weighted by atomic mass is 16.5. The molecule has 1 aromatic heterocycles. The van der Waals surface area contributed by atoms with E-state index in [1.165, 1.54) is 6.07 Å². The minimum absolute atomic E-state index is 0.0991. The van der Waals surface area contributed by atoms with Gasteiger partial charge >= 0.3 is 7.12 Å². The third-order valence-electron chi connectivity index (χ3n) is 3.48. The number of aryl methyl sites for hydroxylation is 1. The fourth-order valence-electron chi connectivity index (χ4n) is 2.34. The summed E-state index contributed by atoms with van der Waals surface area (Å²) in [5.74, 6) is 0.787. The van der Waals surface area contributed by atoms with Crippen molar-refractivity contribution < 1.29 is 24.3 Å². The van der Waals surface area contributed by atoms with Gasteiger partial charge in [0.05, 0.1) is 11.7 Å². The van der Waals surface area contributed by atoms with E-state index in [9.17, 15) is 15.2 Å². The number of benzene rings is 2. The molecule has 0 bridgehead atoms. The second kappa shape index (κ2) is 6.78. The Morgan fingerprint density at radius 3 is 2.54 bits per heavy atom. The molecule has 3 aromatic rings. The topological polar surface area (TPSA) is 96.0 Å². The molecule has 122 valence electrons. The van der Waals surface area contributed by atoms with Gasteiger partial charge < -0.3 is 24.3 Å². The highest BCUT2D eigenvalue weighted by molar-refractivity contribution is 6.61. The summed E-state index contributed by atoms with van der Waals surface area (Å²) in [6.07, 6.45) is 1.56. The summed E-state index contributed by atoms with van der Waals surface area (Å²) < 4.78 is 11.1. The monoisotopic (exact) mass is 325 g/mol. The van der Waals surface area contributed by atoms with E-state index < -0.39 is 7.12 Å². The second-order valence-corrected chi connectivity index (χ2v) is 5.33. The van der Waals surface area contributed by atoms with E-state index in [2.05, 4.69) is 4.98 Å². The van der Waals surface area contributed by atoms with Crippen molar-refractivity contribution in [3.63, 3.8) is 0 Å². The number of nitrogens with zero attached hydrogens (tertiary/aromatic N) is 1. The van der Waals surface area contributed by atoms with Crippen molar-refractivity contribution in [1.82, 2.24) is 4.98 Å². The number of oxazole rings is 1. The maximum Gasteiger partial charge on any atom is 0.496 e. The molecule has 24 heavy (non-hydrogen) atoms. The van der Waals surface area contributed by atoms with E-state index in [0.717, 1.165) is 5.56 Å². The Bertz CT molecular complexity index is 832. The molecule has 0 radical (unpaired) electrons. The Balaban J connectivity index is 1.96. The Labute approximate surface area is 139 Å². The molecule has 0 aliphatic heterocycles. The van der Waals surface area contributed by atoms with Crippen molar-refractivity contribution >= 4 is 12.6 Å². The molecule has 3 rings (SSSR count). The van der Waals surface area contributed by atoms with Crippen LogP contribution in [0.15, 0.2) is 53.1 Å². The van der Waals surface area contributed by atoms with Crippen molar-refractivity contribution in [2.24, 2.45) is 0 Å². The predicted molar refractivity (Wildman–Crippen MR) is 88.9 cm³/mol. The van der Waals surface area contributed by atoms with Gasteiger partial charge in [0.15, 0.2) is 0 Å². The molecule has 0 aliphatic rings. The lowest BCUT2D eigenvalue weighted by Gasteiger charge is -2.14. The largest absolute Gasteiger partial charge is 0.508 e. The number of phenolic OH excluding ortho intramolecular Hbond substituents is 1. The van der Waals surface area contributed by atoms with Crippen molar-refractivity contribution in [3.8, 4) is 23.0 Å². The van der Waals surface area contributed by atoms with Crippen LogP contribution in [0.3, 0.4) is 0 Å². The summed E-state index contributed by atoms with van der Waals surface area (Å²) >= 11 is 0. The summed E-state index contributed by atoms with van der Waals surface area (Å²) in [6.45, 7) is 1.98. The third-order valence-corrected chi connectivity index (χ3v) is 3.48. The maximum absolute atomic E-state index is 10.1. The van der Waals surface area contributed by atoms with Crippen molar-refractivity contribution in [1.29, 1.82) is 0 Å². The Kier molecular flexibility index (Phi) is 4.55. The number of rotatable bonds is 5. The van der Waals surface area contributed by atoms with E-state index in [4.69, 9.17) is 9.15 Å². The molecule has 7 heteroatoms. The molecule has 3 N–H and O–H groups in total. The molecule has 0 amide bonds. The van der Waals surface area contributed by atoms with Gasteiger partial charge in [-0.1, -0.05) is 30.3 Å². The SMILES string of the molecule is Cc1cnc(-c2cc(O)c(B(O)O)c(OCc3ccccc3)c2)o1. The van der Waals surface area contributed by atoms with Gasteiger partial charge in [-0.15, -0.1) is 0 Å². The van der Waals surface area contributed by atoms with Crippen LogP contribution >= 0.6 is 0 Å². The minimum atomic E-state index is -1.86. The summed E-state index contributed by atoms with van der Waals surface area (Å²) in [6, 6.07) is 12.3. The van der Waals surface area contributed by atoms with Crippen molar-refractivity contribution in [2.45, 2.75) is 13.5 Å². The Morgan fingerprint density at radius 1 is 1.17 bits per heavy atom. The van der Waals surface area contributed by atoms with Crippen LogP contribution in [-0.4, -0.2) is 27.3 Å². The molecule has 0 unspecified atom stereocenters. The summed E-state index contributed by atoms with van der Waals surface area (Å²) in [4.78, 5) is 4.10. The molecule has 0 fully saturated rings. The molecule has 2 aromatic carbocycles. The lowest BCUT2D eigenvalue weighted by Crippen LogP contribution is -2.31. The zero-order chi connectivity index (χ0) is 17.1. The van der Waals surface area contributed by atoms with Crippen LogP contribution in [0.25, 0.3) is 11.5 Å². The van der Waals surface area contributed by atoms with Crippen LogP contribution in [-0.2, 0) is 6.61 Å². The van der Waals surface area contributed by atoms with Crippen LogP contribution in [0.4, 0.5) is 0 Å². The Hall–Kier alpha value is -2.77. The number of ether oxygens (including phenoxy) is 1. The van der Waals surface area contributed by atoms with Crippen LogP contribution in [0.1, 0.15) is 11.3 Å². The first-order valence-corrected chi connectivity index (χ1v) is 7.37. The minimum Gasteiger partial charge on any atom is -0.508 e. The van der Waals surface area contributed by atoms with Gasteiger partial charge in [-0.25, -0.2) is 4.98 Å². The van der Waals surface area contributed by atoms with Crippen molar-refractivity contribution in [3.05, 3.63) is 60.0 Å². The first-order valence-electron chi connectivity index (χ1n) is 7.37. The molecule has 1 heterocycles. The van der Waals surface area contributed by atoms with E-state index in [1.807, 2.05) is 30.3 Å². The van der Waals surface area contributed by atoms with Crippen LogP contribution in [0.2, 0.25) is 0 Å². The number of phenols is 1. The van der Waals surface area contributed by atoms with Gasteiger partial charge in [0, 0.05) is 5.56 Å². The molecule has 0 spiro atoms. The molecular weight excluding hydrogens is 309 g/mol. The highest BCUT2D eigenvalue weighted by Gasteiger charge is 2.24. The second-order valence-electron chi connectivity index (χ2n) is 5.33. The van der Waals surface area contributed by atoms with Crippen LogP contribution < -0.4 is 10.2 Å². The fraction of sp³-hybridized carbons (Fsp3) is 0.118. The number of aromatic nitrogens is 1. The predicted octanol–water partition coefficient (Wildman–Crippen LogP) is 1.61. The molecule has 0 aliphatic carbocycles. The van der Waals surface area contributed by atoms with E-state index in [-0.39, 0.29) is 23.6 Å². The highest BCUT2D eigenvalue weighted by Crippen LogP contribution is 2.28. The number of aromatic hydroxyl groups is 1. The fourth-order valence-corrected chi connectivity index (χ4v) is 2.34. The molecule has 0 saturated heterocycles. The van der Waals surface area contributed by atoms with Gasteiger partial charge in [0.2, 0.25) is 5.89 Å². The summed E-state index contributed by atoms with van der Waals surface area (Å²) in [7, 11) is -1.86. The van der Waals surface area contributed by atoms with Gasteiger partial charge in [-0.2, -0.15) is 0 Å². The zero-order valence-corrected chi connectivity index (χ0v) is 13.0. The normalized spacial score (nSPS) is 10.6. The van der Waals surface area contributed by atoms with E-state index in [1.54, 1.807) is 19.2 Å². The molecule has 0 saturated carbocycles. The average molecular weight is 325 g/mol. The van der Waals surface area contributed by atoms with Crippen LogP contribution in [0, 0.1) is 6.92 Å². The quantitative estimate of drug-likeness (QED) is 0.617. The molecule has 0 atom stereocenters. The van der Waals surface area contributed by atoms with E-state index >= 15 is 0 Å². The Morgan fingerprint density at radius 2 is 1.92 bits per heavy atom. The van der Waals surface area contributed by atoms with Gasteiger partial charge in [-0.3, -0.25) is 0 Å². The van der Waals surface area contributed by atoms with Gasteiger partial charge in [0.25, 0.3) is 0 Å². The smallest absolute Gasteiger partial charge is 0.496 e. The van der Waals surface area contributed by atoms with Gasteiger partial charge in [0.1, 0.15) is 23.9 Å².